The van der Waals surface area contributed by atoms with Crippen LogP contribution in [0.2, 0.25) is 5.02 Å². The second kappa shape index (κ2) is 6.03. The van der Waals surface area contributed by atoms with Gasteiger partial charge in [0.2, 0.25) is 0 Å². The molecule has 0 aliphatic heterocycles. The van der Waals surface area contributed by atoms with Crippen LogP contribution in [-0.4, -0.2) is 24.9 Å². The minimum atomic E-state index is 0.0952. The van der Waals surface area contributed by atoms with Crippen molar-refractivity contribution in [2.75, 3.05) is 19.1 Å². The van der Waals surface area contributed by atoms with Crippen molar-refractivity contribution in [3.8, 4) is 5.75 Å². The molecule has 0 aliphatic carbocycles. The van der Waals surface area contributed by atoms with Crippen LogP contribution >= 0.6 is 23.4 Å². The first-order chi connectivity index (χ1) is 7.19. The van der Waals surface area contributed by atoms with Crippen molar-refractivity contribution in [3.05, 3.63) is 28.8 Å². The Bertz CT molecular complexity index is 352. The summed E-state index contributed by atoms with van der Waals surface area (Å²) in [6.07, 6.45) is 2.51. The van der Waals surface area contributed by atoms with Gasteiger partial charge in [0.05, 0.1) is 12.7 Å². The van der Waals surface area contributed by atoms with Gasteiger partial charge in [0.1, 0.15) is 5.75 Å². The predicted octanol–water partition coefficient (Wildman–Crippen LogP) is 3.28. The number of carbonyl (C=O) groups is 1. The number of thioether (sulfide) groups is 1. The molecule has 82 valence electrons. The summed E-state index contributed by atoms with van der Waals surface area (Å²) in [5.74, 6) is 1.47. The molecule has 1 aromatic rings. The Morgan fingerprint density at radius 1 is 1.53 bits per heavy atom. The lowest BCUT2D eigenvalue weighted by Crippen LogP contribution is -2.03. The lowest BCUT2D eigenvalue weighted by molar-refractivity contribution is 0.0986. The highest BCUT2D eigenvalue weighted by atomic mass is 35.5. The Balaban J connectivity index is 2.87. The lowest BCUT2D eigenvalue weighted by Gasteiger charge is -2.07. The fraction of sp³-hybridized carbons (Fsp3) is 0.364. The second-order valence-electron chi connectivity index (χ2n) is 3.01. The molecule has 0 unspecified atom stereocenters. The number of methoxy groups -OCH3 is 1. The molecule has 0 radical (unpaired) electrons. The van der Waals surface area contributed by atoms with Crippen LogP contribution in [0.3, 0.4) is 0 Å². The fourth-order valence-electron chi connectivity index (χ4n) is 1.22. The highest BCUT2D eigenvalue weighted by Gasteiger charge is 2.11. The number of rotatable bonds is 5. The normalized spacial score (nSPS) is 10.1. The van der Waals surface area contributed by atoms with Gasteiger partial charge in [0.25, 0.3) is 0 Å². The highest BCUT2D eigenvalue weighted by Crippen LogP contribution is 2.24. The number of hydrogen-bond acceptors (Lipinski definition) is 3. The monoisotopic (exact) mass is 244 g/mol. The van der Waals surface area contributed by atoms with Crippen LogP contribution < -0.4 is 4.74 Å². The summed E-state index contributed by atoms with van der Waals surface area (Å²) >= 11 is 7.46. The standard InChI is InChI=1S/C11H13ClO2S/c1-14-11-7-8(12)3-4-9(11)10(13)5-6-15-2/h3-4,7H,5-6H2,1-2H3. The number of ketones is 1. The molecule has 15 heavy (non-hydrogen) atoms. The molecule has 0 aromatic heterocycles. The van der Waals surface area contributed by atoms with Gasteiger partial charge < -0.3 is 4.74 Å². The zero-order chi connectivity index (χ0) is 11.3. The van der Waals surface area contributed by atoms with Gasteiger partial charge in [-0.1, -0.05) is 11.6 Å². The van der Waals surface area contributed by atoms with Crippen LogP contribution in [-0.2, 0) is 0 Å². The van der Waals surface area contributed by atoms with Crippen LogP contribution in [0, 0.1) is 0 Å². The number of halogens is 1. The van der Waals surface area contributed by atoms with Gasteiger partial charge in [0.15, 0.2) is 5.78 Å². The molecular formula is C11H13ClO2S. The van der Waals surface area contributed by atoms with E-state index in [9.17, 15) is 4.79 Å². The van der Waals surface area contributed by atoms with Gasteiger partial charge in [-0.25, -0.2) is 0 Å². The third-order valence-corrected chi connectivity index (χ3v) is 2.84. The summed E-state index contributed by atoms with van der Waals surface area (Å²) < 4.78 is 5.12. The number of benzene rings is 1. The summed E-state index contributed by atoms with van der Waals surface area (Å²) in [6, 6.07) is 5.08. The number of Topliss-reactive ketones (excluding diaryl/α,β-unsaturated/α-hetero) is 1. The summed E-state index contributed by atoms with van der Waals surface area (Å²) in [7, 11) is 1.54. The minimum Gasteiger partial charge on any atom is -0.496 e. The van der Waals surface area contributed by atoms with Crippen LogP contribution in [0.1, 0.15) is 16.8 Å². The van der Waals surface area contributed by atoms with Crippen molar-refractivity contribution in [1.29, 1.82) is 0 Å². The zero-order valence-corrected chi connectivity index (χ0v) is 10.3. The Morgan fingerprint density at radius 3 is 2.87 bits per heavy atom. The Kier molecular flexibility index (Phi) is 4.99. The third-order valence-electron chi connectivity index (χ3n) is 2.00. The van der Waals surface area contributed by atoms with Crippen LogP contribution in [0.15, 0.2) is 18.2 Å². The van der Waals surface area contributed by atoms with E-state index in [1.54, 1.807) is 30.0 Å². The maximum atomic E-state index is 11.8. The van der Waals surface area contributed by atoms with E-state index in [1.165, 1.54) is 7.11 Å². The number of hydrogen-bond donors (Lipinski definition) is 0. The summed E-state index contributed by atoms with van der Waals surface area (Å²) in [4.78, 5) is 11.8. The van der Waals surface area contributed by atoms with E-state index in [-0.39, 0.29) is 5.78 Å². The molecule has 0 heterocycles. The topological polar surface area (TPSA) is 26.3 Å². The van der Waals surface area contributed by atoms with Crippen molar-refractivity contribution >= 4 is 29.1 Å². The smallest absolute Gasteiger partial charge is 0.167 e. The van der Waals surface area contributed by atoms with E-state index in [2.05, 4.69) is 0 Å². The Hall–Kier alpha value is -0.670. The van der Waals surface area contributed by atoms with E-state index in [1.807, 2.05) is 6.26 Å². The summed E-state index contributed by atoms with van der Waals surface area (Å²) in [5.41, 5.74) is 0.607. The van der Waals surface area contributed by atoms with Gasteiger partial charge in [-0.2, -0.15) is 11.8 Å². The van der Waals surface area contributed by atoms with Gasteiger partial charge >= 0.3 is 0 Å². The molecule has 0 amide bonds. The molecule has 0 aliphatic rings. The first-order valence-electron chi connectivity index (χ1n) is 4.54. The molecule has 0 saturated heterocycles. The molecular weight excluding hydrogens is 232 g/mol. The summed E-state index contributed by atoms with van der Waals surface area (Å²) in [5, 5.41) is 0.577. The molecule has 1 rings (SSSR count). The van der Waals surface area contributed by atoms with Gasteiger partial charge in [-0.05, 0) is 24.5 Å². The van der Waals surface area contributed by atoms with Crippen molar-refractivity contribution in [1.82, 2.24) is 0 Å². The van der Waals surface area contributed by atoms with E-state index < -0.39 is 0 Å². The van der Waals surface area contributed by atoms with Crippen molar-refractivity contribution < 1.29 is 9.53 Å². The van der Waals surface area contributed by atoms with Crippen LogP contribution in [0.25, 0.3) is 0 Å². The lowest BCUT2D eigenvalue weighted by atomic mass is 10.1. The van der Waals surface area contributed by atoms with Gasteiger partial charge in [-0.3, -0.25) is 4.79 Å². The van der Waals surface area contributed by atoms with Crippen molar-refractivity contribution in [2.24, 2.45) is 0 Å². The quantitative estimate of drug-likeness (QED) is 0.744. The van der Waals surface area contributed by atoms with Gasteiger partial charge in [0, 0.05) is 17.2 Å². The average molecular weight is 245 g/mol. The highest BCUT2D eigenvalue weighted by molar-refractivity contribution is 7.98. The van der Waals surface area contributed by atoms with E-state index in [0.717, 1.165) is 5.75 Å². The molecule has 0 saturated carbocycles. The number of carbonyl (C=O) groups excluding carboxylic acids is 1. The zero-order valence-electron chi connectivity index (χ0n) is 8.75. The number of ether oxygens (including phenoxy) is 1. The van der Waals surface area contributed by atoms with E-state index in [4.69, 9.17) is 16.3 Å². The van der Waals surface area contributed by atoms with Crippen LogP contribution in [0.4, 0.5) is 0 Å². The first-order valence-corrected chi connectivity index (χ1v) is 6.32. The van der Waals surface area contributed by atoms with Crippen LogP contribution in [0.5, 0.6) is 5.75 Å². The fourth-order valence-corrected chi connectivity index (χ4v) is 1.78. The molecule has 0 atom stereocenters. The minimum absolute atomic E-state index is 0.0952. The van der Waals surface area contributed by atoms with Gasteiger partial charge in [-0.15, -0.1) is 0 Å². The van der Waals surface area contributed by atoms with Crippen molar-refractivity contribution in [3.63, 3.8) is 0 Å². The summed E-state index contributed by atoms with van der Waals surface area (Å²) in [6.45, 7) is 0. The molecule has 0 spiro atoms. The van der Waals surface area contributed by atoms with Crippen molar-refractivity contribution in [2.45, 2.75) is 6.42 Å². The van der Waals surface area contributed by atoms with E-state index in [0.29, 0.717) is 22.8 Å². The maximum Gasteiger partial charge on any atom is 0.167 e. The molecule has 4 heteroatoms. The largest absolute Gasteiger partial charge is 0.496 e. The molecule has 2 nitrogen and oxygen atoms in total. The SMILES string of the molecule is COc1cc(Cl)ccc1C(=O)CCSC. The third kappa shape index (κ3) is 3.43. The maximum absolute atomic E-state index is 11.8. The molecule has 0 fully saturated rings. The molecule has 0 bridgehead atoms. The average Bonchev–Trinajstić information content (AvgIpc) is 2.25. The second-order valence-corrected chi connectivity index (χ2v) is 4.43. The molecule has 0 N–H and O–H groups in total. The predicted molar refractivity (Wildman–Crippen MR) is 65.3 cm³/mol. The first kappa shape index (κ1) is 12.4. The molecule has 1 aromatic carbocycles. The Labute approximate surface area is 99.0 Å². The Morgan fingerprint density at radius 2 is 2.27 bits per heavy atom. The van der Waals surface area contributed by atoms with E-state index >= 15 is 0 Å².